The van der Waals surface area contributed by atoms with Crippen LogP contribution in [0.5, 0.6) is 0 Å². The van der Waals surface area contributed by atoms with Crippen LogP contribution in [0.2, 0.25) is 5.02 Å². The van der Waals surface area contributed by atoms with E-state index in [0.717, 1.165) is 6.26 Å². The molecule has 2 aromatic rings. The van der Waals surface area contributed by atoms with Gasteiger partial charge in [-0.2, -0.15) is 0 Å². The molecule has 0 aliphatic carbocycles. The molecule has 0 fully saturated rings. The zero-order chi connectivity index (χ0) is 18.6. The van der Waals surface area contributed by atoms with Gasteiger partial charge in [0, 0.05) is 24.2 Å². The smallest absolute Gasteiger partial charge is 0.269 e. The molecule has 0 atom stereocenters. The molecule has 132 valence electrons. The Kier molecular flexibility index (Phi) is 5.60. The number of amides is 1. The number of non-ortho nitro benzene ring substituents is 1. The number of anilines is 1. The van der Waals surface area contributed by atoms with Gasteiger partial charge in [-0.3, -0.25) is 19.6 Å². The number of nitro groups is 1. The van der Waals surface area contributed by atoms with E-state index in [-0.39, 0.29) is 28.5 Å². The molecule has 2 N–H and O–H groups in total. The second-order valence-corrected chi connectivity index (χ2v) is 7.33. The summed E-state index contributed by atoms with van der Waals surface area (Å²) < 4.78 is 24.8. The van der Waals surface area contributed by atoms with E-state index >= 15 is 0 Å². The summed E-state index contributed by atoms with van der Waals surface area (Å²) in [7, 11) is -3.53. The van der Waals surface area contributed by atoms with Gasteiger partial charge in [0.05, 0.1) is 21.9 Å². The number of hydrogen-bond acceptors (Lipinski definition) is 5. The van der Waals surface area contributed by atoms with Gasteiger partial charge in [-0.05, 0) is 23.8 Å². The van der Waals surface area contributed by atoms with E-state index in [1.807, 2.05) is 0 Å². The highest BCUT2D eigenvalue weighted by atomic mass is 35.5. The van der Waals surface area contributed by atoms with E-state index < -0.39 is 20.9 Å². The number of nitrogens with zero attached hydrogens (tertiary/aromatic N) is 1. The quantitative estimate of drug-likeness (QED) is 0.587. The lowest BCUT2D eigenvalue weighted by Gasteiger charge is -2.09. The monoisotopic (exact) mass is 383 g/mol. The second-order valence-electron chi connectivity index (χ2n) is 5.18. The lowest BCUT2D eigenvalue weighted by atomic mass is 10.1. The Hall–Kier alpha value is -2.65. The lowest BCUT2D eigenvalue weighted by molar-refractivity contribution is -0.384. The Labute approximate surface area is 149 Å². The fourth-order valence-electron chi connectivity index (χ4n) is 1.96. The molecule has 10 heteroatoms. The largest absolute Gasteiger partial charge is 0.348 e. The highest BCUT2D eigenvalue weighted by Gasteiger charge is 2.12. The third-order valence-electron chi connectivity index (χ3n) is 3.12. The zero-order valence-corrected chi connectivity index (χ0v) is 14.6. The van der Waals surface area contributed by atoms with Crippen LogP contribution in [0.1, 0.15) is 15.9 Å². The molecular weight excluding hydrogens is 370 g/mol. The Bertz CT molecular complexity index is 913. The SMILES string of the molecule is CS(=O)(=O)Nc1cc(C(=O)NCc2ccc([N+](=O)[O-])cc2)ccc1Cl. The molecule has 0 saturated carbocycles. The number of nitrogens with one attached hydrogen (secondary N) is 2. The van der Waals surface area contributed by atoms with Gasteiger partial charge in [-0.25, -0.2) is 8.42 Å². The van der Waals surface area contributed by atoms with Crippen molar-refractivity contribution in [2.45, 2.75) is 6.54 Å². The summed E-state index contributed by atoms with van der Waals surface area (Å²) in [5.41, 5.74) is 0.969. The molecule has 0 aromatic heterocycles. The van der Waals surface area contributed by atoms with E-state index in [1.165, 1.54) is 42.5 Å². The Morgan fingerprint density at radius 1 is 1.20 bits per heavy atom. The summed E-state index contributed by atoms with van der Waals surface area (Å²) in [4.78, 5) is 22.3. The summed E-state index contributed by atoms with van der Waals surface area (Å²) >= 11 is 5.91. The fourth-order valence-corrected chi connectivity index (χ4v) is 2.75. The molecule has 0 heterocycles. The summed E-state index contributed by atoms with van der Waals surface area (Å²) in [5.74, 6) is -0.438. The van der Waals surface area contributed by atoms with E-state index in [0.29, 0.717) is 5.56 Å². The topological polar surface area (TPSA) is 118 Å². The molecule has 2 aromatic carbocycles. The zero-order valence-electron chi connectivity index (χ0n) is 13.0. The minimum Gasteiger partial charge on any atom is -0.348 e. The highest BCUT2D eigenvalue weighted by Crippen LogP contribution is 2.24. The number of nitro benzene ring substituents is 1. The van der Waals surface area contributed by atoms with Gasteiger partial charge in [-0.15, -0.1) is 0 Å². The van der Waals surface area contributed by atoms with Gasteiger partial charge in [0.25, 0.3) is 11.6 Å². The van der Waals surface area contributed by atoms with Crippen molar-refractivity contribution in [2.24, 2.45) is 0 Å². The molecule has 2 rings (SSSR count). The number of carbonyl (C=O) groups excluding carboxylic acids is 1. The average Bonchev–Trinajstić information content (AvgIpc) is 2.53. The molecule has 0 spiro atoms. The Balaban J connectivity index is 2.08. The predicted octanol–water partition coefficient (Wildman–Crippen LogP) is 2.55. The van der Waals surface area contributed by atoms with Crippen molar-refractivity contribution in [3.8, 4) is 0 Å². The number of carbonyl (C=O) groups is 1. The minimum atomic E-state index is -3.53. The third kappa shape index (κ3) is 5.44. The van der Waals surface area contributed by atoms with E-state index in [1.54, 1.807) is 0 Å². The maximum atomic E-state index is 12.2. The van der Waals surface area contributed by atoms with Crippen molar-refractivity contribution in [3.05, 3.63) is 68.7 Å². The maximum absolute atomic E-state index is 12.2. The van der Waals surface area contributed by atoms with Gasteiger partial charge in [0.15, 0.2) is 0 Å². The fraction of sp³-hybridized carbons (Fsp3) is 0.133. The normalized spacial score (nSPS) is 11.0. The first kappa shape index (κ1) is 18.7. The van der Waals surface area contributed by atoms with E-state index in [9.17, 15) is 23.3 Å². The van der Waals surface area contributed by atoms with Crippen LogP contribution in [0.3, 0.4) is 0 Å². The van der Waals surface area contributed by atoms with Crippen LogP contribution in [0, 0.1) is 10.1 Å². The second kappa shape index (κ2) is 7.49. The summed E-state index contributed by atoms with van der Waals surface area (Å²) in [6.07, 6.45) is 0.977. The number of benzene rings is 2. The molecule has 0 aliphatic heterocycles. The molecule has 0 bridgehead atoms. The summed E-state index contributed by atoms with van der Waals surface area (Å²) in [6, 6.07) is 9.97. The van der Waals surface area contributed by atoms with Crippen molar-refractivity contribution in [1.29, 1.82) is 0 Å². The summed E-state index contributed by atoms with van der Waals surface area (Å²) in [5, 5.41) is 13.4. The van der Waals surface area contributed by atoms with Crippen molar-refractivity contribution in [1.82, 2.24) is 5.32 Å². The van der Waals surface area contributed by atoms with Gasteiger partial charge in [0.1, 0.15) is 0 Å². The van der Waals surface area contributed by atoms with Crippen molar-refractivity contribution >= 4 is 38.9 Å². The molecule has 1 amide bonds. The highest BCUT2D eigenvalue weighted by molar-refractivity contribution is 7.92. The lowest BCUT2D eigenvalue weighted by Crippen LogP contribution is -2.23. The van der Waals surface area contributed by atoms with Crippen molar-refractivity contribution in [3.63, 3.8) is 0 Å². The molecule has 0 radical (unpaired) electrons. The molecular formula is C15H14ClN3O5S. The number of sulfonamides is 1. The van der Waals surface area contributed by atoms with Crippen LogP contribution in [-0.2, 0) is 16.6 Å². The Morgan fingerprint density at radius 2 is 1.84 bits per heavy atom. The summed E-state index contributed by atoms with van der Waals surface area (Å²) in [6.45, 7) is 0.161. The van der Waals surface area contributed by atoms with Crippen LogP contribution < -0.4 is 10.0 Å². The van der Waals surface area contributed by atoms with Gasteiger partial charge < -0.3 is 5.32 Å². The number of hydrogen-bond donors (Lipinski definition) is 2. The van der Waals surface area contributed by atoms with Crippen LogP contribution in [0.4, 0.5) is 11.4 Å². The van der Waals surface area contributed by atoms with Crippen molar-refractivity contribution in [2.75, 3.05) is 11.0 Å². The first-order valence-electron chi connectivity index (χ1n) is 6.94. The molecule has 25 heavy (non-hydrogen) atoms. The maximum Gasteiger partial charge on any atom is 0.269 e. The van der Waals surface area contributed by atoms with E-state index in [2.05, 4.69) is 10.0 Å². The predicted molar refractivity (Wildman–Crippen MR) is 94.2 cm³/mol. The van der Waals surface area contributed by atoms with E-state index in [4.69, 9.17) is 11.6 Å². The Morgan fingerprint density at radius 3 is 2.40 bits per heavy atom. The first-order chi connectivity index (χ1) is 11.7. The van der Waals surface area contributed by atoms with Crippen LogP contribution >= 0.6 is 11.6 Å². The van der Waals surface area contributed by atoms with Gasteiger partial charge >= 0.3 is 0 Å². The first-order valence-corrected chi connectivity index (χ1v) is 9.21. The molecule has 0 unspecified atom stereocenters. The van der Waals surface area contributed by atoms with Crippen molar-refractivity contribution < 1.29 is 18.1 Å². The molecule has 0 aliphatic rings. The number of rotatable bonds is 6. The minimum absolute atomic E-state index is 0.0377. The van der Waals surface area contributed by atoms with Crippen LogP contribution in [0.25, 0.3) is 0 Å². The molecule has 0 saturated heterocycles. The van der Waals surface area contributed by atoms with Crippen LogP contribution in [-0.4, -0.2) is 25.5 Å². The average molecular weight is 384 g/mol. The standard InChI is InChI=1S/C15H14ClN3O5S/c1-25(23,24)18-14-8-11(4-7-13(14)16)15(20)17-9-10-2-5-12(6-3-10)19(21)22/h2-8,18H,9H2,1H3,(H,17,20). The number of halogens is 1. The van der Waals surface area contributed by atoms with Crippen LogP contribution in [0.15, 0.2) is 42.5 Å². The van der Waals surface area contributed by atoms with Gasteiger partial charge in [-0.1, -0.05) is 23.7 Å². The third-order valence-corrected chi connectivity index (χ3v) is 4.04. The molecule has 8 nitrogen and oxygen atoms in total. The van der Waals surface area contributed by atoms with Gasteiger partial charge in [0.2, 0.25) is 10.0 Å².